The second kappa shape index (κ2) is 8.44. The van der Waals surface area contributed by atoms with Crippen LogP contribution in [0, 0.1) is 0 Å². The topological polar surface area (TPSA) is 67.6 Å². The van der Waals surface area contributed by atoms with Crippen molar-refractivity contribution >= 4 is 5.91 Å². The van der Waals surface area contributed by atoms with Crippen LogP contribution in [0.4, 0.5) is 0 Å². The molecule has 1 aliphatic rings. The summed E-state index contributed by atoms with van der Waals surface area (Å²) in [5.41, 5.74) is 5.26. The fourth-order valence-corrected chi connectivity index (χ4v) is 2.20. The summed E-state index contributed by atoms with van der Waals surface area (Å²) in [6, 6.07) is 0.709. The average Bonchev–Trinajstić information content (AvgIpc) is 2.82. The summed E-state index contributed by atoms with van der Waals surface area (Å²) in [4.78, 5) is 13.7. The molecule has 5 nitrogen and oxygen atoms in total. The molecule has 1 aliphatic carbocycles. The molecule has 0 aromatic heterocycles. The lowest BCUT2D eigenvalue weighted by atomic mass is 10.2. The molecule has 0 unspecified atom stereocenters. The van der Waals surface area contributed by atoms with Gasteiger partial charge in [-0.2, -0.15) is 0 Å². The SMILES string of the molecule is CN(CCNC(=O)COCCN)C1CCCC1. The zero-order valence-corrected chi connectivity index (χ0v) is 10.8. The Morgan fingerprint density at radius 1 is 1.47 bits per heavy atom. The second-order valence-electron chi connectivity index (χ2n) is 4.61. The third-order valence-electron chi connectivity index (χ3n) is 3.23. The Labute approximate surface area is 104 Å². The van der Waals surface area contributed by atoms with Crippen LogP contribution in [-0.2, 0) is 9.53 Å². The largest absolute Gasteiger partial charge is 0.370 e. The monoisotopic (exact) mass is 243 g/mol. The summed E-state index contributed by atoms with van der Waals surface area (Å²) in [5.74, 6) is -0.0572. The van der Waals surface area contributed by atoms with Gasteiger partial charge in [-0.15, -0.1) is 0 Å². The standard InChI is InChI=1S/C12H25N3O2/c1-15(11-4-2-3-5-11)8-7-14-12(16)10-17-9-6-13/h11H,2-10,13H2,1H3,(H,14,16). The lowest BCUT2D eigenvalue weighted by Crippen LogP contribution is -2.38. The number of likely N-dealkylation sites (N-methyl/N-ethyl adjacent to an activating group) is 1. The smallest absolute Gasteiger partial charge is 0.246 e. The summed E-state index contributed by atoms with van der Waals surface area (Å²) in [6.45, 7) is 2.61. The number of carbonyl (C=O) groups is 1. The van der Waals surface area contributed by atoms with Crippen molar-refractivity contribution in [3.8, 4) is 0 Å². The molecular formula is C12H25N3O2. The van der Waals surface area contributed by atoms with Crippen LogP contribution in [0.5, 0.6) is 0 Å². The first-order valence-electron chi connectivity index (χ1n) is 6.48. The molecule has 0 radical (unpaired) electrons. The molecule has 1 saturated carbocycles. The maximum Gasteiger partial charge on any atom is 0.246 e. The van der Waals surface area contributed by atoms with Crippen molar-refractivity contribution < 1.29 is 9.53 Å². The highest BCUT2D eigenvalue weighted by Crippen LogP contribution is 2.21. The number of nitrogens with zero attached hydrogens (tertiary/aromatic N) is 1. The Kier molecular flexibility index (Phi) is 7.16. The van der Waals surface area contributed by atoms with Crippen LogP contribution < -0.4 is 11.1 Å². The molecule has 17 heavy (non-hydrogen) atoms. The molecule has 1 rings (SSSR count). The quantitative estimate of drug-likeness (QED) is 0.587. The first-order valence-corrected chi connectivity index (χ1v) is 6.48. The van der Waals surface area contributed by atoms with Gasteiger partial charge in [0, 0.05) is 25.7 Å². The van der Waals surface area contributed by atoms with Crippen LogP contribution >= 0.6 is 0 Å². The molecule has 0 aliphatic heterocycles. The fourth-order valence-electron chi connectivity index (χ4n) is 2.20. The van der Waals surface area contributed by atoms with Gasteiger partial charge in [0.25, 0.3) is 0 Å². The van der Waals surface area contributed by atoms with Gasteiger partial charge >= 0.3 is 0 Å². The Hall–Kier alpha value is -0.650. The van der Waals surface area contributed by atoms with Crippen LogP contribution in [0.2, 0.25) is 0 Å². The number of carbonyl (C=O) groups excluding carboxylic acids is 1. The summed E-state index contributed by atoms with van der Waals surface area (Å²) in [6.07, 6.45) is 5.27. The summed E-state index contributed by atoms with van der Waals surface area (Å²) >= 11 is 0. The van der Waals surface area contributed by atoms with Crippen LogP contribution in [0.15, 0.2) is 0 Å². The van der Waals surface area contributed by atoms with E-state index in [4.69, 9.17) is 10.5 Å². The van der Waals surface area contributed by atoms with Crippen molar-refractivity contribution in [1.29, 1.82) is 0 Å². The lowest BCUT2D eigenvalue weighted by Gasteiger charge is -2.23. The van der Waals surface area contributed by atoms with Gasteiger partial charge in [-0.1, -0.05) is 12.8 Å². The van der Waals surface area contributed by atoms with Gasteiger partial charge in [0.15, 0.2) is 0 Å². The summed E-state index contributed by atoms with van der Waals surface area (Å²) in [5, 5.41) is 2.85. The number of ether oxygens (including phenoxy) is 1. The molecule has 0 spiro atoms. The van der Waals surface area contributed by atoms with Gasteiger partial charge < -0.3 is 20.7 Å². The van der Waals surface area contributed by atoms with Gasteiger partial charge in [-0.25, -0.2) is 0 Å². The number of rotatable bonds is 8. The number of nitrogens with one attached hydrogen (secondary N) is 1. The van der Waals surface area contributed by atoms with Crippen LogP contribution in [0.25, 0.3) is 0 Å². The molecule has 1 fully saturated rings. The van der Waals surface area contributed by atoms with E-state index in [2.05, 4.69) is 17.3 Å². The highest BCUT2D eigenvalue weighted by atomic mass is 16.5. The van der Waals surface area contributed by atoms with E-state index in [1.165, 1.54) is 25.7 Å². The van der Waals surface area contributed by atoms with Crippen molar-refractivity contribution in [3.63, 3.8) is 0 Å². The molecule has 0 bridgehead atoms. The third-order valence-corrected chi connectivity index (χ3v) is 3.23. The van der Waals surface area contributed by atoms with E-state index >= 15 is 0 Å². The van der Waals surface area contributed by atoms with E-state index in [1.807, 2.05) is 0 Å². The molecule has 1 amide bonds. The predicted molar refractivity (Wildman–Crippen MR) is 67.8 cm³/mol. The number of amides is 1. The highest BCUT2D eigenvalue weighted by molar-refractivity contribution is 5.77. The predicted octanol–water partition coefficient (Wildman–Crippen LogP) is -0.0477. The molecule has 100 valence electrons. The zero-order valence-electron chi connectivity index (χ0n) is 10.8. The van der Waals surface area contributed by atoms with Crippen LogP contribution in [0.3, 0.4) is 0 Å². The number of nitrogens with two attached hydrogens (primary N) is 1. The normalized spacial score (nSPS) is 16.6. The summed E-state index contributed by atoms with van der Waals surface area (Å²) in [7, 11) is 2.13. The van der Waals surface area contributed by atoms with Gasteiger partial charge in [0.05, 0.1) is 6.61 Å². The Morgan fingerprint density at radius 3 is 2.82 bits per heavy atom. The molecule has 0 atom stereocenters. The Bertz CT molecular complexity index is 218. The molecule has 0 saturated heterocycles. The van der Waals surface area contributed by atoms with Crippen LogP contribution in [-0.4, -0.2) is 56.7 Å². The lowest BCUT2D eigenvalue weighted by molar-refractivity contribution is -0.125. The third kappa shape index (κ3) is 6.00. The average molecular weight is 243 g/mol. The molecule has 0 heterocycles. The summed E-state index contributed by atoms with van der Waals surface area (Å²) < 4.78 is 5.05. The van der Waals surface area contributed by atoms with E-state index in [1.54, 1.807) is 0 Å². The van der Waals surface area contributed by atoms with Crippen molar-refractivity contribution in [2.24, 2.45) is 5.73 Å². The minimum absolute atomic E-state index is 0.0572. The van der Waals surface area contributed by atoms with Crippen molar-refractivity contribution in [3.05, 3.63) is 0 Å². The second-order valence-corrected chi connectivity index (χ2v) is 4.61. The van der Waals surface area contributed by atoms with Gasteiger partial charge in [0.2, 0.25) is 5.91 Å². The van der Waals surface area contributed by atoms with E-state index in [0.717, 1.165) is 6.54 Å². The van der Waals surface area contributed by atoms with E-state index in [0.29, 0.717) is 25.7 Å². The van der Waals surface area contributed by atoms with E-state index < -0.39 is 0 Å². The van der Waals surface area contributed by atoms with Crippen LogP contribution in [0.1, 0.15) is 25.7 Å². The van der Waals surface area contributed by atoms with Gasteiger partial charge in [0.1, 0.15) is 6.61 Å². The maximum absolute atomic E-state index is 11.3. The van der Waals surface area contributed by atoms with Gasteiger partial charge in [-0.3, -0.25) is 4.79 Å². The Balaban J connectivity index is 2.00. The zero-order chi connectivity index (χ0) is 12.5. The number of hydrogen-bond acceptors (Lipinski definition) is 4. The van der Waals surface area contributed by atoms with Gasteiger partial charge in [-0.05, 0) is 19.9 Å². The molecule has 0 aromatic rings. The van der Waals surface area contributed by atoms with Crippen molar-refractivity contribution in [2.45, 2.75) is 31.7 Å². The fraction of sp³-hybridized carbons (Fsp3) is 0.917. The van der Waals surface area contributed by atoms with Crippen molar-refractivity contribution in [2.75, 3.05) is 39.9 Å². The van der Waals surface area contributed by atoms with E-state index in [-0.39, 0.29) is 12.5 Å². The van der Waals surface area contributed by atoms with Crippen molar-refractivity contribution in [1.82, 2.24) is 10.2 Å². The first kappa shape index (κ1) is 14.4. The van der Waals surface area contributed by atoms with E-state index in [9.17, 15) is 4.79 Å². The Morgan fingerprint density at radius 2 is 2.18 bits per heavy atom. The minimum Gasteiger partial charge on any atom is -0.370 e. The molecular weight excluding hydrogens is 218 g/mol. The first-order chi connectivity index (χ1) is 8.24. The molecule has 5 heteroatoms. The maximum atomic E-state index is 11.3. The minimum atomic E-state index is -0.0572. The molecule has 3 N–H and O–H groups in total. The molecule has 0 aromatic carbocycles. The highest BCUT2D eigenvalue weighted by Gasteiger charge is 2.18. The number of hydrogen-bond donors (Lipinski definition) is 2.